The van der Waals surface area contributed by atoms with E-state index < -0.39 is 34.7 Å². The Hall–Kier alpha value is -4.48. The molecule has 0 aliphatic rings. The van der Waals surface area contributed by atoms with Crippen molar-refractivity contribution in [1.29, 1.82) is 0 Å². The first-order chi connectivity index (χ1) is 20.0. The molecule has 0 fully saturated rings. The number of anilines is 2. The van der Waals surface area contributed by atoms with Crippen molar-refractivity contribution >= 4 is 58.5 Å². The molecular weight excluding hydrogens is 591 g/mol. The van der Waals surface area contributed by atoms with Crippen LogP contribution in [-0.2, 0) is 15.8 Å². The highest BCUT2D eigenvalue weighted by atomic mass is 35.5. The molecule has 3 N–H and O–H groups in total. The summed E-state index contributed by atoms with van der Waals surface area (Å²) in [6.07, 6.45) is -1.87. The van der Waals surface area contributed by atoms with E-state index in [1.54, 1.807) is 73.7 Å². The molecule has 0 radical (unpaired) electrons. The zero-order valence-corrected chi connectivity index (χ0v) is 23.4. The lowest BCUT2D eigenvalue weighted by atomic mass is 10.1. The molecule has 12 heteroatoms. The zero-order chi connectivity index (χ0) is 30.3. The number of hydrogen-bond donors (Lipinski definition) is 3. The standard InChI is InChI=1S/C30H23ClF3N3O4S/c1-18(27(38)36-25-14-9-20(31)16-24(25)30(32,33)34)42-23-12-10-21(11-13-23)35-29(40)26(17-22-8-5-15-41-22)37-28(39)19-6-3-2-4-7-19/h2-18H,1H3,(H,35,40)(H,36,38)(H,37,39)/b26-17-. The van der Waals surface area contributed by atoms with E-state index >= 15 is 0 Å². The van der Waals surface area contributed by atoms with Crippen LogP contribution in [0.4, 0.5) is 24.5 Å². The Balaban J connectivity index is 1.40. The Morgan fingerprint density at radius 3 is 2.29 bits per heavy atom. The fraction of sp³-hybridized carbons (Fsp3) is 0.100. The van der Waals surface area contributed by atoms with Crippen LogP contribution in [0.25, 0.3) is 6.08 Å². The molecule has 0 aliphatic carbocycles. The number of furan rings is 1. The summed E-state index contributed by atoms with van der Waals surface area (Å²) in [7, 11) is 0. The lowest BCUT2D eigenvalue weighted by Gasteiger charge is -2.17. The maximum absolute atomic E-state index is 13.4. The third kappa shape index (κ3) is 8.27. The van der Waals surface area contributed by atoms with Crippen molar-refractivity contribution in [2.45, 2.75) is 23.2 Å². The van der Waals surface area contributed by atoms with Crippen LogP contribution < -0.4 is 16.0 Å². The fourth-order valence-electron chi connectivity index (χ4n) is 3.63. The van der Waals surface area contributed by atoms with Gasteiger partial charge in [0.15, 0.2) is 0 Å². The number of benzene rings is 3. The van der Waals surface area contributed by atoms with Crippen LogP contribution in [0.3, 0.4) is 0 Å². The third-order valence-electron chi connectivity index (χ3n) is 5.70. The average molecular weight is 614 g/mol. The summed E-state index contributed by atoms with van der Waals surface area (Å²) in [6.45, 7) is 1.56. The lowest BCUT2D eigenvalue weighted by Crippen LogP contribution is -2.30. The molecule has 4 rings (SSSR count). The predicted octanol–water partition coefficient (Wildman–Crippen LogP) is 7.48. The molecule has 0 saturated carbocycles. The van der Waals surface area contributed by atoms with Gasteiger partial charge in [-0.15, -0.1) is 11.8 Å². The topological polar surface area (TPSA) is 100 Å². The Morgan fingerprint density at radius 1 is 0.929 bits per heavy atom. The molecule has 1 atom stereocenters. The fourth-order valence-corrected chi connectivity index (χ4v) is 4.66. The molecule has 3 amide bonds. The number of rotatable bonds is 9. The van der Waals surface area contributed by atoms with Gasteiger partial charge in [0.1, 0.15) is 11.5 Å². The first kappa shape index (κ1) is 30.5. The summed E-state index contributed by atoms with van der Waals surface area (Å²) in [5, 5.41) is 6.77. The number of alkyl halides is 3. The molecule has 1 unspecified atom stereocenters. The van der Waals surface area contributed by atoms with E-state index in [2.05, 4.69) is 16.0 Å². The first-order valence-electron chi connectivity index (χ1n) is 12.4. The average Bonchev–Trinajstić information content (AvgIpc) is 3.47. The van der Waals surface area contributed by atoms with Crippen LogP contribution in [0.1, 0.15) is 28.6 Å². The van der Waals surface area contributed by atoms with Crippen molar-refractivity contribution in [1.82, 2.24) is 5.32 Å². The van der Waals surface area contributed by atoms with E-state index in [1.807, 2.05) is 0 Å². The van der Waals surface area contributed by atoms with Crippen LogP contribution in [0.5, 0.6) is 0 Å². The first-order valence-corrected chi connectivity index (χ1v) is 13.6. The second kappa shape index (κ2) is 13.5. The van der Waals surface area contributed by atoms with Crippen molar-refractivity contribution in [3.63, 3.8) is 0 Å². The predicted molar refractivity (Wildman–Crippen MR) is 156 cm³/mol. The summed E-state index contributed by atoms with van der Waals surface area (Å²) in [4.78, 5) is 39.0. The summed E-state index contributed by atoms with van der Waals surface area (Å²) in [5.41, 5.74) is -0.721. The van der Waals surface area contributed by atoms with E-state index in [0.29, 0.717) is 21.9 Å². The summed E-state index contributed by atoms with van der Waals surface area (Å²) >= 11 is 6.82. The van der Waals surface area contributed by atoms with Crippen LogP contribution in [-0.4, -0.2) is 23.0 Å². The van der Waals surface area contributed by atoms with Crippen molar-refractivity contribution in [2.24, 2.45) is 0 Å². The van der Waals surface area contributed by atoms with Crippen LogP contribution in [0.15, 0.2) is 106 Å². The third-order valence-corrected chi connectivity index (χ3v) is 7.04. The van der Waals surface area contributed by atoms with Gasteiger partial charge in [-0.05, 0) is 73.7 Å². The monoisotopic (exact) mass is 613 g/mol. The second-order valence-electron chi connectivity index (χ2n) is 8.81. The van der Waals surface area contributed by atoms with E-state index in [-0.39, 0.29) is 16.4 Å². The van der Waals surface area contributed by atoms with Gasteiger partial charge in [-0.2, -0.15) is 13.2 Å². The van der Waals surface area contributed by atoms with Gasteiger partial charge in [0.2, 0.25) is 5.91 Å². The molecule has 0 spiro atoms. The minimum atomic E-state index is -4.69. The number of amides is 3. The highest BCUT2D eigenvalue weighted by Gasteiger charge is 2.34. The molecule has 0 bridgehead atoms. The van der Waals surface area contributed by atoms with Crippen molar-refractivity contribution < 1.29 is 32.0 Å². The van der Waals surface area contributed by atoms with E-state index in [9.17, 15) is 27.6 Å². The number of carbonyl (C=O) groups excluding carboxylic acids is 3. The van der Waals surface area contributed by atoms with Gasteiger partial charge in [-0.1, -0.05) is 29.8 Å². The molecule has 1 aromatic heterocycles. The van der Waals surface area contributed by atoms with Crippen molar-refractivity contribution in [3.05, 3.63) is 119 Å². The normalized spacial score (nSPS) is 12.4. The van der Waals surface area contributed by atoms with Crippen molar-refractivity contribution in [3.8, 4) is 0 Å². The molecule has 4 aromatic rings. The largest absolute Gasteiger partial charge is 0.465 e. The lowest BCUT2D eigenvalue weighted by molar-refractivity contribution is -0.137. The number of carbonyl (C=O) groups is 3. The molecule has 7 nitrogen and oxygen atoms in total. The van der Waals surface area contributed by atoms with Crippen LogP contribution in [0, 0.1) is 0 Å². The molecular formula is C30H23ClF3N3O4S. The van der Waals surface area contributed by atoms with Crippen LogP contribution >= 0.6 is 23.4 Å². The number of hydrogen-bond acceptors (Lipinski definition) is 5. The Morgan fingerprint density at radius 2 is 1.64 bits per heavy atom. The molecule has 1 heterocycles. The number of halogens is 4. The number of nitrogens with one attached hydrogen (secondary N) is 3. The maximum Gasteiger partial charge on any atom is 0.418 e. The highest BCUT2D eigenvalue weighted by Crippen LogP contribution is 2.37. The number of thioether (sulfide) groups is 1. The highest BCUT2D eigenvalue weighted by molar-refractivity contribution is 8.00. The van der Waals surface area contributed by atoms with Gasteiger partial charge >= 0.3 is 6.18 Å². The van der Waals surface area contributed by atoms with E-state index in [1.165, 1.54) is 18.4 Å². The maximum atomic E-state index is 13.4. The Labute approximate surface area is 248 Å². The molecule has 0 saturated heterocycles. The van der Waals surface area contributed by atoms with Crippen LogP contribution in [0.2, 0.25) is 5.02 Å². The van der Waals surface area contributed by atoms with Gasteiger partial charge in [0, 0.05) is 27.2 Å². The van der Waals surface area contributed by atoms with Gasteiger partial charge in [-0.3, -0.25) is 14.4 Å². The quantitative estimate of drug-likeness (QED) is 0.134. The Bertz CT molecular complexity index is 1590. The summed E-state index contributed by atoms with van der Waals surface area (Å²) < 4.78 is 45.4. The van der Waals surface area contributed by atoms with E-state index in [4.69, 9.17) is 16.0 Å². The van der Waals surface area contributed by atoms with Gasteiger partial charge in [0.25, 0.3) is 11.8 Å². The molecule has 42 heavy (non-hydrogen) atoms. The smallest absolute Gasteiger partial charge is 0.418 e. The van der Waals surface area contributed by atoms with Gasteiger partial charge < -0.3 is 20.4 Å². The molecule has 0 aliphatic heterocycles. The van der Waals surface area contributed by atoms with Crippen molar-refractivity contribution in [2.75, 3.05) is 10.6 Å². The van der Waals surface area contributed by atoms with E-state index in [0.717, 1.165) is 23.9 Å². The molecule has 216 valence electrons. The summed E-state index contributed by atoms with van der Waals surface area (Å²) in [6, 6.07) is 21.3. The molecule has 3 aromatic carbocycles. The summed E-state index contributed by atoms with van der Waals surface area (Å²) in [5.74, 6) is -1.36. The minimum absolute atomic E-state index is 0.0528. The van der Waals surface area contributed by atoms with Gasteiger partial charge in [0.05, 0.1) is 22.8 Å². The SMILES string of the molecule is CC(Sc1ccc(NC(=O)/C(=C/c2ccco2)NC(=O)c2ccccc2)cc1)C(=O)Nc1ccc(Cl)cc1C(F)(F)F. The second-order valence-corrected chi connectivity index (χ2v) is 10.7. The van der Waals surface area contributed by atoms with Gasteiger partial charge in [-0.25, -0.2) is 0 Å². The zero-order valence-electron chi connectivity index (χ0n) is 21.9. The minimum Gasteiger partial charge on any atom is -0.465 e. The Kier molecular flexibility index (Phi) is 9.76.